The van der Waals surface area contributed by atoms with Crippen molar-refractivity contribution in [3.63, 3.8) is 0 Å². The fraction of sp³-hybridized carbons (Fsp3) is 0.410. The number of piperazine rings is 1. The van der Waals surface area contributed by atoms with Gasteiger partial charge in [-0.3, -0.25) is 14.6 Å². The van der Waals surface area contributed by atoms with Crippen molar-refractivity contribution >= 4 is 29.1 Å². The molecule has 2 atom stereocenters. The number of hydrogen-bond acceptors (Lipinski definition) is 8. The Kier molecular flexibility index (Phi) is 8.98. The SMILES string of the molecule is COc1nc(-c2cccc(-c3cccc(-c4cc5c(c(OC)n4)[C@H](N4CC(O)C4)CC5)c3Cl)c2Cl)cc2c1C(N1CCN(C(C)=O)CC1)CC2. The van der Waals surface area contributed by atoms with E-state index < -0.39 is 0 Å². The van der Waals surface area contributed by atoms with Crippen LogP contribution in [0.5, 0.6) is 11.8 Å². The molecule has 1 unspecified atom stereocenters. The topological polar surface area (TPSA) is 91.3 Å². The first-order chi connectivity index (χ1) is 24.2. The van der Waals surface area contributed by atoms with E-state index in [9.17, 15) is 9.90 Å². The van der Waals surface area contributed by atoms with Crippen LogP contribution in [0.2, 0.25) is 10.0 Å². The van der Waals surface area contributed by atoms with Crippen molar-refractivity contribution in [3.05, 3.63) is 80.8 Å². The number of β-amino-alcohol motifs (C(OH)–C–C–N with tert-alkyl or cyclic N) is 1. The van der Waals surface area contributed by atoms with Crippen LogP contribution < -0.4 is 9.47 Å². The van der Waals surface area contributed by atoms with Gasteiger partial charge in [0.25, 0.3) is 0 Å². The molecule has 2 aliphatic heterocycles. The molecule has 2 aromatic heterocycles. The van der Waals surface area contributed by atoms with E-state index in [1.165, 1.54) is 11.1 Å². The Bertz CT molecular complexity index is 1970. The van der Waals surface area contributed by atoms with Crippen LogP contribution in [-0.2, 0) is 17.6 Å². The van der Waals surface area contributed by atoms with Gasteiger partial charge in [0.1, 0.15) is 0 Å². The number of aryl methyl sites for hydroxylation is 2. The number of aromatic nitrogens is 2. The summed E-state index contributed by atoms with van der Waals surface area (Å²) in [6.45, 7) is 6.14. The Morgan fingerprint density at radius 3 is 1.64 bits per heavy atom. The molecule has 2 aromatic carbocycles. The average molecular weight is 715 g/mol. The van der Waals surface area contributed by atoms with Crippen LogP contribution in [0.3, 0.4) is 0 Å². The molecule has 9 nitrogen and oxygen atoms in total. The number of carbonyl (C=O) groups is 1. The minimum atomic E-state index is -0.260. The number of pyridine rings is 2. The maximum absolute atomic E-state index is 11.9. The number of hydrogen-bond donors (Lipinski definition) is 1. The first kappa shape index (κ1) is 33.4. The number of likely N-dealkylation sites (tertiary alicyclic amines) is 1. The van der Waals surface area contributed by atoms with E-state index in [0.29, 0.717) is 34.9 Å². The molecule has 0 spiro atoms. The van der Waals surface area contributed by atoms with Crippen LogP contribution in [0.15, 0.2) is 48.5 Å². The fourth-order valence-electron chi connectivity index (χ4n) is 8.45. The number of amides is 1. The van der Waals surface area contributed by atoms with Crippen LogP contribution in [0, 0.1) is 0 Å². The minimum absolute atomic E-state index is 0.131. The summed E-state index contributed by atoms with van der Waals surface area (Å²) < 4.78 is 11.8. The first-order valence-electron chi connectivity index (χ1n) is 17.4. The third-order valence-electron chi connectivity index (χ3n) is 11.0. The summed E-state index contributed by atoms with van der Waals surface area (Å²) in [5, 5.41) is 11.0. The fourth-order valence-corrected chi connectivity index (χ4v) is 9.10. The summed E-state index contributed by atoms with van der Waals surface area (Å²) in [6.07, 6.45) is 3.53. The lowest BCUT2D eigenvalue weighted by Gasteiger charge is -2.40. The van der Waals surface area contributed by atoms with Crippen LogP contribution in [-0.4, -0.2) is 95.3 Å². The predicted molar refractivity (Wildman–Crippen MR) is 195 cm³/mol. The van der Waals surface area contributed by atoms with Crippen LogP contribution >= 0.6 is 23.2 Å². The lowest BCUT2D eigenvalue weighted by molar-refractivity contribution is -0.130. The van der Waals surface area contributed by atoms with E-state index >= 15 is 0 Å². The highest BCUT2D eigenvalue weighted by molar-refractivity contribution is 6.39. The van der Waals surface area contributed by atoms with Gasteiger partial charge in [0.15, 0.2) is 0 Å². The van der Waals surface area contributed by atoms with Gasteiger partial charge in [0.05, 0.1) is 41.8 Å². The molecule has 2 fully saturated rings. The van der Waals surface area contributed by atoms with E-state index in [4.69, 9.17) is 42.6 Å². The van der Waals surface area contributed by atoms with Crippen molar-refractivity contribution in [2.75, 3.05) is 53.5 Å². The highest BCUT2D eigenvalue weighted by Crippen LogP contribution is 2.48. The number of fused-ring (bicyclic) bond motifs is 2. The first-order valence-corrected chi connectivity index (χ1v) is 18.2. The number of methoxy groups -OCH3 is 2. The number of benzene rings is 2. The van der Waals surface area contributed by atoms with Crippen LogP contribution in [0.1, 0.15) is 54.1 Å². The van der Waals surface area contributed by atoms with Gasteiger partial charge >= 0.3 is 0 Å². The summed E-state index contributed by atoms with van der Waals surface area (Å²) in [5.74, 6) is 1.37. The number of ether oxygens (including phenoxy) is 2. The maximum Gasteiger partial charge on any atom is 0.219 e. The van der Waals surface area contributed by atoms with E-state index in [-0.39, 0.29) is 24.1 Å². The van der Waals surface area contributed by atoms with Crippen molar-refractivity contribution in [3.8, 4) is 45.4 Å². The molecular weight excluding hydrogens is 673 g/mol. The average Bonchev–Trinajstić information content (AvgIpc) is 3.74. The van der Waals surface area contributed by atoms with Gasteiger partial charge in [-0.2, -0.15) is 0 Å². The summed E-state index contributed by atoms with van der Waals surface area (Å²) >= 11 is 14.5. The molecule has 2 aliphatic carbocycles. The van der Waals surface area contributed by atoms with Gasteiger partial charge in [-0.25, -0.2) is 9.97 Å². The second kappa shape index (κ2) is 13.4. The molecular formula is C39H41Cl2N5O4. The van der Waals surface area contributed by atoms with Crippen LogP contribution in [0.4, 0.5) is 0 Å². The maximum atomic E-state index is 11.9. The van der Waals surface area contributed by atoms with Gasteiger partial charge in [-0.15, -0.1) is 0 Å². The highest BCUT2D eigenvalue weighted by Gasteiger charge is 2.39. The number of aliphatic hydroxyl groups excluding tert-OH is 1. The lowest BCUT2D eigenvalue weighted by atomic mass is 9.96. The third-order valence-corrected chi connectivity index (χ3v) is 11.8. The second-order valence-corrected chi connectivity index (χ2v) is 14.5. The quantitative estimate of drug-likeness (QED) is 0.229. The van der Waals surface area contributed by atoms with Gasteiger partial charge in [-0.05, 0) is 48.9 Å². The Morgan fingerprint density at radius 2 is 1.20 bits per heavy atom. The number of rotatable bonds is 7. The largest absolute Gasteiger partial charge is 0.481 e. The van der Waals surface area contributed by atoms with Gasteiger partial charge in [0, 0.05) is 91.7 Å². The molecule has 260 valence electrons. The molecule has 0 radical (unpaired) electrons. The van der Waals surface area contributed by atoms with E-state index in [0.717, 1.165) is 96.6 Å². The molecule has 1 N–H and O–H groups in total. The summed E-state index contributed by atoms with van der Waals surface area (Å²) in [7, 11) is 3.34. The van der Waals surface area contributed by atoms with E-state index in [1.807, 2.05) is 41.3 Å². The van der Waals surface area contributed by atoms with Crippen molar-refractivity contribution < 1.29 is 19.4 Å². The second-order valence-electron chi connectivity index (χ2n) is 13.8. The predicted octanol–water partition coefficient (Wildman–Crippen LogP) is 6.62. The molecule has 1 amide bonds. The molecule has 11 heteroatoms. The van der Waals surface area contributed by atoms with Gasteiger partial charge < -0.3 is 19.5 Å². The molecule has 4 aliphatic rings. The molecule has 2 saturated heterocycles. The highest BCUT2D eigenvalue weighted by atomic mass is 35.5. The monoisotopic (exact) mass is 713 g/mol. The van der Waals surface area contributed by atoms with Gasteiger partial charge in [-0.1, -0.05) is 59.6 Å². The molecule has 0 bridgehead atoms. The summed E-state index contributed by atoms with van der Waals surface area (Å²) in [4.78, 5) is 28.5. The molecule has 4 heterocycles. The van der Waals surface area contributed by atoms with Crippen molar-refractivity contribution in [1.82, 2.24) is 24.7 Å². The number of nitrogens with zero attached hydrogens (tertiary/aromatic N) is 5. The number of halogens is 2. The Labute approximate surface area is 302 Å². The molecule has 0 saturated carbocycles. The molecule has 8 rings (SSSR count). The van der Waals surface area contributed by atoms with E-state index in [1.54, 1.807) is 21.1 Å². The van der Waals surface area contributed by atoms with Crippen molar-refractivity contribution in [2.24, 2.45) is 0 Å². The minimum Gasteiger partial charge on any atom is -0.481 e. The molecule has 4 aromatic rings. The summed E-state index contributed by atoms with van der Waals surface area (Å²) in [6, 6.07) is 16.6. The lowest BCUT2D eigenvalue weighted by Crippen LogP contribution is -2.51. The molecule has 50 heavy (non-hydrogen) atoms. The van der Waals surface area contributed by atoms with Crippen LogP contribution in [0.25, 0.3) is 33.6 Å². The zero-order valence-corrected chi connectivity index (χ0v) is 30.1. The number of aliphatic hydroxyl groups is 1. The normalized spacial score (nSPS) is 20.8. The van der Waals surface area contributed by atoms with Gasteiger partial charge in [0.2, 0.25) is 17.7 Å². The zero-order chi connectivity index (χ0) is 34.7. The standard InChI is InChI=1S/C39H41Cl2N5O4/c1-22(47)44-14-16-45(17-15-44)32-12-10-23-18-30(42-38(49-2)34(23)32)28-8-4-6-26(36(28)40)27-7-5-9-29(37(27)41)31-19-24-11-13-33(46-20-25(48)21-46)35(24)39(43-31)50-3/h4-9,18-19,25,32-33,48H,10-17,20-21H2,1-3H3/t32?,33-/m1/s1. The zero-order valence-electron chi connectivity index (χ0n) is 28.6. The van der Waals surface area contributed by atoms with E-state index in [2.05, 4.69) is 21.9 Å². The Hall–Kier alpha value is -3.73. The number of carbonyl (C=O) groups excluding carboxylic acids is 1. The smallest absolute Gasteiger partial charge is 0.219 e. The van der Waals surface area contributed by atoms with Crippen molar-refractivity contribution in [2.45, 2.75) is 50.8 Å². The van der Waals surface area contributed by atoms with Crippen molar-refractivity contribution in [1.29, 1.82) is 0 Å². The Morgan fingerprint density at radius 1 is 0.740 bits per heavy atom. The Balaban J connectivity index is 1.11. The third kappa shape index (κ3) is 5.73. The summed E-state index contributed by atoms with van der Waals surface area (Å²) in [5.41, 5.74) is 9.43.